The first-order valence-corrected chi connectivity index (χ1v) is 9.29. The fraction of sp³-hybridized carbons (Fsp3) is 0.786. The number of rotatable bonds is 5. The van der Waals surface area contributed by atoms with Crippen LogP contribution in [0.3, 0.4) is 0 Å². The minimum absolute atomic E-state index is 0.185. The highest BCUT2D eigenvalue weighted by Crippen LogP contribution is 2.36. The van der Waals surface area contributed by atoms with Gasteiger partial charge in [0.25, 0.3) is 0 Å². The molecule has 1 fully saturated rings. The molecular weight excluding hydrogens is 274 g/mol. The van der Waals surface area contributed by atoms with Crippen LogP contribution in [0.2, 0.25) is 0 Å². The van der Waals surface area contributed by atoms with Crippen LogP contribution in [0, 0.1) is 5.92 Å². The molecule has 2 rings (SSSR count). The molecule has 114 valence electrons. The second-order valence-corrected chi connectivity index (χ2v) is 8.12. The molecule has 6 heteroatoms. The van der Waals surface area contributed by atoms with E-state index in [1.54, 1.807) is 6.20 Å². The predicted octanol–water partition coefficient (Wildman–Crippen LogP) is 1.67. The molecule has 5 nitrogen and oxygen atoms in total. The summed E-state index contributed by atoms with van der Waals surface area (Å²) in [4.78, 5) is 0. The van der Waals surface area contributed by atoms with Crippen molar-refractivity contribution in [2.24, 2.45) is 13.0 Å². The molecule has 1 aliphatic carbocycles. The fourth-order valence-electron chi connectivity index (χ4n) is 3.29. The lowest BCUT2D eigenvalue weighted by Crippen LogP contribution is -2.36. The van der Waals surface area contributed by atoms with Crippen LogP contribution < -0.4 is 5.32 Å². The molecular formula is C14H25N3O2S. The smallest absolute Gasteiger partial charge is 0.150 e. The highest BCUT2D eigenvalue weighted by atomic mass is 32.2. The third-order valence-electron chi connectivity index (χ3n) is 4.35. The molecule has 0 bridgehead atoms. The summed E-state index contributed by atoms with van der Waals surface area (Å²) in [5.74, 6) is 0.360. The van der Waals surface area contributed by atoms with Crippen molar-refractivity contribution >= 4 is 9.84 Å². The maximum Gasteiger partial charge on any atom is 0.150 e. The van der Waals surface area contributed by atoms with Crippen molar-refractivity contribution in [2.75, 3.05) is 12.8 Å². The van der Waals surface area contributed by atoms with Gasteiger partial charge >= 0.3 is 0 Å². The Labute approximate surface area is 121 Å². The summed E-state index contributed by atoms with van der Waals surface area (Å²) in [5, 5.41) is 7.57. The predicted molar refractivity (Wildman–Crippen MR) is 80.2 cm³/mol. The van der Waals surface area contributed by atoms with Gasteiger partial charge in [0, 0.05) is 19.5 Å². The van der Waals surface area contributed by atoms with E-state index in [1.807, 2.05) is 17.8 Å². The number of hydrogen-bond acceptors (Lipinski definition) is 4. The van der Waals surface area contributed by atoms with Gasteiger partial charge in [0.1, 0.15) is 9.84 Å². The summed E-state index contributed by atoms with van der Waals surface area (Å²) >= 11 is 0. The van der Waals surface area contributed by atoms with Crippen molar-refractivity contribution in [1.29, 1.82) is 0 Å². The van der Waals surface area contributed by atoms with Crippen LogP contribution in [0.1, 0.15) is 44.3 Å². The molecule has 0 aromatic carbocycles. The van der Waals surface area contributed by atoms with Gasteiger partial charge in [-0.3, -0.25) is 4.68 Å². The summed E-state index contributed by atoms with van der Waals surface area (Å²) in [6.07, 6.45) is 6.79. The average molecular weight is 299 g/mol. The maximum absolute atomic E-state index is 11.8. The van der Waals surface area contributed by atoms with Crippen LogP contribution in [0.4, 0.5) is 0 Å². The Morgan fingerprint density at radius 3 is 2.80 bits per heavy atom. The standard InChI is InChI=1S/C14H25N3O2S/c1-4-15-14(13-8-9-16-17(13)2)11-6-5-7-12(10-11)20(3,18)19/h8-9,11-12,14-15H,4-7,10H2,1-3H3. The molecule has 1 N–H and O–H groups in total. The van der Waals surface area contributed by atoms with E-state index in [0.29, 0.717) is 5.92 Å². The summed E-state index contributed by atoms with van der Waals surface area (Å²) in [5.41, 5.74) is 1.14. The molecule has 0 saturated heterocycles. The van der Waals surface area contributed by atoms with E-state index in [2.05, 4.69) is 17.3 Å². The van der Waals surface area contributed by atoms with E-state index in [4.69, 9.17) is 0 Å². The molecule has 3 unspecified atom stereocenters. The molecule has 0 aliphatic heterocycles. The van der Waals surface area contributed by atoms with Crippen LogP contribution in [0.25, 0.3) is 0 Å². The Kier molecular flexibility index (Phi) is 4.86. The van der Waals surface area contributed by atoms with Gasteiger partial charge < -0.3 is 5.32 Å². The first-order valence-electron chi connectivity index (χ1n) is 7.33. The molecule has 3 atom stereocenters. The van der Waals surface area contributed by atoms with E-state index in [-0.39, 0.29) is 11.3 Å². The third kappa shape index (κ3) is 3.41. The first kappa shape index (κ1) is 15.5. The highest BCUT2D eigenvalue weighted by molar-refractivity contribution is 7.91. The zero-order valence-electron chi connectivity index (χ0n) is 12.5. The Bertz CT molecular complexity index is 538. The van der Waals surface area contributed by atoms with E-state index in [0.717, 1.165) is 37.9 Å². The number of aromatic nitrogens is 2. The fourth-order valence-corrected chi connectivity index (χ4v) is 4.49. The lowest BCUT2D eigenvalue weighted by molar-refractivity contribution is 0.267. The van der Waals surface area contributed by atoms with Crippen molar-refractivity contribution in [1.82, 2.24) is 15.1 Å². The highest BCUT2D eigenvalue weighted by Gasteiger charge is 2.34. The van der Waals surface area contributed by atoms with Crippen molar-refractivity contribution in [3.8, 4) is 0 Å². The van der Waals surface area contributed by atoms with E-state index < -0.39 is 9.84 Å². The summed E-state index contributed by atoms with van der Waals surface area (Å²) in [6, 6.07) is 2.22. The van der Waals surface area contributed by atoms with Crippen LogP contribution in [0.5, 0.6) is 0 Å². The van der Waals surface area contributed by atoms with Gasteiger partial charge in [0.05, 0.1) is 17.0 Å². The molecule has 0 radical (unpaired) electrons. The quantitative estimate of drug-likeness (QED) is 0.898. The number of aryl methyl sites for hydroxylation is 1. The van der Waals surface area contributed by atoms with Gasteiger partial charge in [0.15, 0.2) is 0 Å². The molecule has 0 spiro atoms. The summed E-state index contributed by atoms with van der Waals surface area (Å²) < 4.78 is 25.5. The topological polar surface area (TPSA) is 64.0 Å². The van der Waals surface area contributed by atoms with Gasteiger partial charge in [-0.15, -0.1) is 0 Å². The Balaban J connectivity index is 2.19. The van der Waals surface area contributed by atoms with Crippen molar-refractivity contribution in [3.05, 3.63) is 18.0 Å². The second kappa shape index (κ2) is 6.26. The molecule has 0 amide bonds. The van der Waals surface area contributed by atoms with Gasteiger partial charge in [-0.1, -0.05) is 13.3 Å². The normalized spacial score (nSPS) is 25.6. The van der Waals surface area contributed by atoms with Crippen LogP contribution >= 0.6 is 0 Å². The zero-order chi connectivity index (χ0) is 14.8. The van der Waals surface area contributed by atoms with Crippen LogP contribution in [-0.2, 0) is 16.9 Å². The van der Waals surface area contributed by atoms with Gasteiger partial charge in [-0.25, -0.2) is 8.42 Å². The van der Waals surface area contributed by atoms with Crippen LogP contribution in [-0.4, -0.2) is 36.2 Å². The number of nitrogens with one attached hydrogen (secondary N) is 1. The lowest BCUT2D eigenvalue weighted by Gasteiger charge is -2.34. The molecule has 20 heavy (non-hydrogen) atoms. The van der Waals surface area contributed by atoms with Crippen molar-refractivity contribution in [2.45, 2.75) is 43.9 Å². The van der Waals surface area contributed by atoms with Crippen molar-refractivity contribution < 1.29 is 8.42 Å². The lowest BCUT2D eigenvalue weighted by atomic mass is 9.82. The summed E-state index contributed by atoms with van der Waals surface area (Å²) in [7, 11) is -0.995. The third-order valence-corrected chi connectivity index (χ3v) is 5.98. The molecule has 1 heterocycles. The van der Waals surface area contributed by atoms with Gasteiger partial charge in [-0.05, 0) is 37.8 Å². The zero-order valence-corrected chi connectivity index (χ0v) is 13.4. The number of sulfone groups is 1. The minimum Gasteiger partial charge on any atom is -0.309 e. The Morgan fingerprint density at radius 1 is 1.50 bits per heavy atom. The second-order valence-electron chi connectivity index (χ2n) is 5.79. The molecule has 1 aromatic heterocycles. The van der Waals surface area contributed by atoms with Crippen molar-refractivity contribution in [3.63, 3.8) is 0 Å². The molecule has 1 saturated carbocycles. The van der Waals surface area contributed by atoms with Gasteiger partial charge in [0.2, 0.25) is 0 Å². The molecule has 1 aliphatic rings. The SMILES string of the molecule is CCNC(c1ccnn1C)C1CCCC(S(C)(=O)=O)C1. The monoisotopic (exact) mass is 299 g/mol. The largest absolute Gasteiger partial charge is 0.309 e. The van der Waals surface area contributed by atoms with E-state index >= 15 is 0 Å². The summed E-state index contributed by atoms with van der Waals surface area (Å²) in [6.45, 7) is 2.95. The van der Waals surface area contributed by atoms with E-state index in [1.165, 1.54) is 6.26 Å². The number of hydrogen-bond donors (Lipinski definition) is 1. The molecule has 1 aromatic rings. The van der Waals surface area contributed by atoms with E-state index in [9.17, 15) is 8.42 Å². The number of nitrogens with zero attached hydrogens (tertiary/aromatic N) is 2. The Hall–Kier alpha value is -0.880. The first-order chi connectivity index (χ1) is 9.43. The average Bonchev–Trinajstić information content (AvgIpc) is 2.81. The minimum atomic E-state index is -2.94. The Morgan fingerprint density at radius 2 is 2.25 bits per heavy atom. The maximum atomic E-state index is 11.8. The van der Waals surface area contributed by atoms with Crippen LogP contribution in [0.15, 0.2) is 12.3 Å². The van der Waals surface area contributed by atoms with Gasteiger partial charge in [-0.2, -0.15) is 5.10 Å².